The molecule has 6 nitrogen and oxygen atoms in total. The number of amides is 1. The van der Waals surface area contributed by atoms with Crippen LogP contribution in [-0.2, 0) is 14.9 Å². The third kappa shape index (κ3) is 22.6. The lowest BCUT2D eigenvalue weighted by molar-refractivity contribution is -0.122. The Morgan fingerprint density at radius 1 is 0.788 bits per heavy atom. The summed E-state index contributed by atoms with van der Waals surface area (Å²) in [7, 11) is -4.31. The first-order valence-electron chi connectivity index (χ1n) is 13.4. The lowest BCUT2D eigenvalue weighted by Gasteiger charge is -2.21. The van der Waals surface area contributed by atoms with Crippen LogP contribution in [0, 0.1) is 0 Å². The fourth-order valence-corrected chi connectivity index (χ4v) is 4.65. The van der Waals surface area contributed by atoms with Crippen LogP contribution in [0.4, 0.5) is 0 Å². The van der Waals surface area contributed by atoms with Gasteiger partial charge in [0.05, 0.1) is 17.9 Å². The molecule has 0 bridgehead atoms. The highest BCUT2D eigenvalue weighted by Gasteiger charge is 2.24. The molecule has 0 saturated heterocycles. The third-order valence-corrected chi connectivity index (χ3v) is 6.74. The van der Waals surface area contributed by atoms with Gasteiger partial charge in [-0.25, -0.2) is 0 Å². The highest BCUT2D eigenvalue weighted by Crippen LogP contribution is 2.13. The maximum absolute atomic E-state index is 12.3. The van der Waals surface area contributed by atoms with E-state index < -0.39 is 28.0 Å². The Hall–Kier alpha value is -0.920. The van der Waals surface area contributed by atoms with Crippen molar-refractivity contribution in [3.63, 3.8) is 0 Å². The SMILES string of the molecule is CCCCCC/C=C/C(O)C(CS(=O)(=O)O)NC(=O)CCCCCCCCCCCCCC. The third-order valence-electron chi connectivity index (χ3n) is 5.96. The minimum Gasteiger partial charge on any atom is -0.387 e. The molecule has 7 heteroatoms. The van der Waals surface area contributed by atoms with Crippen molar-refractivity contribution in [2.24, 2.45) is 0 Å². The van der Waals surface area contributed by atoms with Crippen LogP contribution in [-0.4, -0.2) is 41.9 Å². The first-order valence-corrected chi connectivity index (χ1v) is 15.0. The van der Waals surface area contributed by atoms with Gasteiger partial charge in [0.25, 0.3) is 10.1 Å². The van der Waals surface area contributed by atoms with Gasteiger partial charge in [-0.1, -0.05) is 116 Å². The number of aliphatic hydroxyl groups excluding tert-OH is 1. The average molecular weight is 490 g/mol. The molecule has 0 rings (SSSR count). The summed E-state index contributed by atoms with van der Waals surface area (Å²) in [5.41, 5.74) is 0. The van der Waals surface area contributed by atoms with Crippen molar-refractivity contribution in [1.29, 1.82) is 0 Å². The Kier molecular flexibility index (Phi) is 21.0. The highest BCUT2D eigenvalue weighted by atomic mass is 32.2. The van der Waals surface area contributed by atoms with E-state index in [1.165, 1.54) is 63.9 Å². The van der Waals surface area contributed by atoms with Crippen LogP contribution in [0.15, 0.2) is 12.2 Å². The molecule has 196 valence electrons. The molecule has 0 aromatic carbocycles. The Labute approximate surface area is 203 Å². The second kappa shape index (κ2) is 21.6. The molecule has 0 fully saturated rings. The first kappa shape index (κ1) is 32.1. The fourth-order valence-electron chi connectivity index (χ4n) is 3.92. The number of carbonyl (C=O) groups excluding carboxylic acids is 1. The van der Waals surface area contributed by atoms with Gasteiger partial charge >= 0.3 is 0 Å². The van der Waals surface area contributed by atoms with Crippen molar-refractivity contribution in [2.75, 3.05) is 5.75 Å². The van der Waals surface area contributed by atoms with Crippen molar-refractivity contribution >= 4 is 16.0 Å². The average Bonchev–Trinajstić information content (AvgIpc) is 2.75. The summed E-state index contributed by atoms with van der Waals surface area (Å²) in [6, 6.07) is -1.04. The molecule has 1 amide bonds. The molecule has 0 aliphatic heterocycles. The Bertz CT molecular complexity index is 591. The van der Waals surface area contributed by atoms with Crippen LogP contribution in [0.2, 0.25) is 0 Å². The highest BCUT2D eigenvalue weighted by molar-refractivity contribution is 7.85. The topological polar surface area (TPSA) is 104 Å². The van der Waals surface area contributed by atoms with Gasteiger partial charge in [-0.15, -0.1) is 0 Å². The van der Waals surface area contributed by atoms with E-state index in [9.17, 15) is 22.9 Å². The van der Waals surface area contributed by atoms with Crippen molar-refractivity contribution < 1.29 is 22.9 Å². The van der Waals surface area contributed by atoms with E-state index in [1.807, 2.05) is 6.08 Å². The molecule has 0 aliphatic carbocycles. The summed E-state index contributed by atoms with van der Waals surface area (Å²) in [6.45, 7) is 4.37. The summed E-state index contributed by atoms with van der Waals surface area (Å²) >= 11 is 0. The van der Waals surface area contributed by atoms with Gasteiger partial charge in [0.2, 0.25) is 5.91 Å². The summed E-state index contributed by atoms with van der Waals surface area (Å²) < 4.78 is 31.8. The lowest BCUT2D eigenvalue weighted by Crippen LogP contribution is -2.46. The van der Waals surface area contributed by atoms with Gasteiger partial charge < -0.3 is 10.4 Å². The van der Waals surface area contributed by atoms with Crippen LogP contribution in [0.3, 0.4) is 0 Å². The molecule has 2 atom stereocenters. The van der Waals surface area contributed by atoms with E-state index >= 15 is 0 Å². The number of aliphatic hydroxyl groups is 1. The molecule has 33 heavy (non-hydrogen) atoms. The van der Waals surface area contributed by atoms with Crippen LogP contribution in [0.1, 0.15) is 129 Å². The van der Waals surface area contributed by atoms with E-state index in [0.29, 0.717) is 6.42 Å². The minimum absolute atomic E-state index is 0.286. The predicted molar refractivity (Wildman–Crippen MR) is 138 cm³/mol. The molecule has 0 aliphatic rings. The van der Waals surface area contributed by atoms with Gasteiger partial charge in [-0.3, -0.25) is 9.35 Å². The molecule has 0 heterocycles. The minimum atomic E-state index is -4.31. The lowest BCUT2D eigenvalue weighted by atomic mass is 10.0. The standard InChI is InChI=1S/C26H51NO5S/c1-3-5-7-9-11-12-13-14-15-16-18-20-22-26(29)27-24(23-33(30,31)32)25(28)21-19-17-10-8-6-4-2/h19,21,24-25,28H,3-18,20,22-23H2,1-2H3,(H,27,29)(H,30,31,32)/b21-19+. The van der Waals surface area contributed by atoms with E-state index in [1.54, 1.807) is 0 Å². The number of allylic oxidation sites excluding steroid dienone is 1. The van der Waals surface area contributed by atoms with Crippen molar-refractivity contribution in [2.45, 2.75) is 142 Å². The largest absolute Gasteiger partial charge is 0.387 e. The maximum atomic E-state index is 12.3. The van der Waals surface area contributed by atoms with E-state index in [-0.39, 0.29) is 5.91 Å². The predicted octanol–water partition coefficient (Wildman–Crippen LogP) is 6.34. The molecule has 0 saturated carbocycles. The van der Waals surface area contributed by atoms with Gasteiger partial charge in [-0.2, -0.15) is 8.42 Å². The van der Waals surface area contributed by atoms with E-state index in [4.69, 9.17) is 0 Å². The Balaban J connectivity index is 4.08. The smallest absolute Gasteiger partial charge is 0.267 e. The monoisotopic (exact) mass is 489 g/mol. The maximum Gasteiger partial charge on any atom is 0.267 e. The molecule has 0 aromatic heterocycles. The summed E-state index contributed by atoms with van der Waals surface area (Å²) in [4.78, 5) is 12.3. The van der Waals surface area contributed by atoms with Gasteiger partial charge in [0, 0.05) is 6.42 Å². The second-order valence-electron chi connectivity index (χ2n) is 9.33. The van der Waals surface area contributed by atoms with Crippen LogP contribution in [0.25, 0.3) is 0 Å². The quantitative estimate of drug-likeness (QED) is 0.0883. The first-order chi connectivity index (χ1) is 15.8. The fraction of sp³-hybridized carbons (Fsp3) is 0.885. The van der Waals surface area contributed by atoms with E-state index in [0.717, 1.165) is 51.4 Å². The van der Waals surface area contributed by atoms with Crippen LogP contribution >= 0.6 is 0 Å². The van der Waals surface area contributed by atoms with Crippen LogP contribution < -0.4 is 5.32 Å². The zero-order chi connectivity index (χ0) is 24.8. The van der Waals surface area contributed by atoms with Gasteiger partial charge in [0.15, 0.2) is 0 Å². The molecule has 0 spiro atoms. The van der Waals surface area contributed by atoms with Crippen molar-refractivity contribution in [3.8, 4) is 0 Å². The number of hydrogen-bond acceptors (Lipinski definition) is 4. The molecular weight excluding hydrogens is 438 g/mol. The summed E-state index contributed by atoms with van der Waals surface area (Å²) in [6.07, 6.45) is 22.2. The summed E-state index contributed by atoms with van der Waals surface area (Å²) in [5.74, 6) is -0.982. The number of nitrogens with one attached hydrogen (secondary N) is 1. The molecular formula is C26H51NO5S. The zero-order valence-electron chi connectivity index (χ0n) is 21.3. The normalized spacial score (nSPS) is 13.9. The molecule has 0 aromatic rings. The molecule has 3 N–H and O–H groups in total. The Morgan fingerprint density at radius 3 is 1.73 bits per heavy atom. The van der Waals surface area contributed by atoms with Crippen LogP contribution in [0.5, 0.6) is 0 Å². The number of hydrogen-bond donors (Lipinski definition) is 3. The number of rotatable bonds is 23. The van der Waals surface area contributed by atoms with Gasteiger partial charge in [0.1, 0.15) is 0 Å². The van der Waals surface area contributed by atoms with E-state index in [2.05, 4.69) is 19.2 Å². The summed E-state index contributed by atoms with van der Waals surface area (Å²) in [5, 5.41) is 12.9. The van der Waals surface area contributed by atoms with Crippen molar-refractivity contribution in [1.82, 2.24) is 5.32 Å². The zero-order valence-corrected chi connectivity index (χ0v) is 22.1. The number of unbranched alkanes of at least 4 members (excludes halogenated alkanes) is 15. The van der Waals surface area contributed by atoms with Gasteiger partial charge in [-0.05, 0) is 19.3 Å². The van der Waals surface area contributed by atoms with Crippen molar-refractivity contribution in [3.05, 3.63) is 12.2 Å². The Morgan fingerprint density at radius 2 is 1.24 bits per heavy atom. The second-order valence-corrected chi connectivity index (χ2v) is 10.8. The number of carbonyl (C=O) groups is 1. The molecule has 2 unspecified atom stereocenters. The molecule has 0 radical (unpaired) electrons.